The summed E-state index contributed by atoms with van der Waals surface area (Å²) in [5, 5.41) is 6.28. The predicted octanol–water partition coefficient (Wildman–Crippen LogP) is 4.10. The first-order valence-corrected chi connectivity index (χ1v) is 7.86. The molecule has 1 aliphatic rings. The van der Waals surface area contributed by atoms with Gasteiger partial charge in [0.2, 0.25) is 5.91 Å². The first kappa shape index (κ1) is 15.6. The molecule has 0 aliphatic heterocycles. The topological polar surface area (TPSA) is 41.1 Å². The van der Waals surface area contributed by atoms with E-state index in [0.717, 1.165) is 12.8 Å². The molecule has 20 heavy (non-hydrogen) atoms. The van der Waals surface area contributed by atoms with E-state index < -0.39 is 11.9 Å². The standard InChI is InChI=1S/C14H17BrClFN2O/c1-8(14(20)19-10-4-2-3-5-10)18-13-11(15)6-9(17)7-12(13)16/h6-8,10,18H,2-5H2,1H3,(H,19,20). The summed E-state index contributed by atoms with van der Waals surface area (Å²) in [7, 11) is 0. The highest BCUT2D eigenvalue weighted by atomic mass is 79.9. The Balaban J connectivity index is 2.00. The second-order valence-corrected chi connectivity index (χ2v) is 6.36. The van der Waals surface area contributed by atoms with Crippen molar-refractivity contribution < 1.29 is 9.18 Å². The molecule has 1 atom stereocenters. The van der Waals surface area contributed by atoms with E-state index in [0.29, 0.717) is 10.2 Å². The fraction of sp³-hybridized carbons (Fsp3) is 0.500. The summed E-state index contributed by atoms with van der Waals surface area (Å²) >= 11 is 9.23. The molecule has 110 valence electrons. The summed E-state index contributed by atoms with van der Waals surface area (Å²) in [5.41, 5.74) is 0.530. The van der Waals surface area contributed by atoms with Crippen molar-refractivity contribution in [2.45, 2.75) is 44.7 Å². The zero-order valence-electron chi connectivity index (χ0n) is 11.2. The fourth-order valence-electron chi connectivity index (χ4n) is 2.36. The van der Waals surface area contributed by atoms with E-state index in [9.17, 15) is 9.18 Å². The molecular formula is C14H17BrClFN2O. The zero-order valence-corrected chi connectivity index (χ0v) is 13.5. The monoisotopic (exact) mass is 362 g/mol. The molecule has 1 saturated carbocycles. The Labute approximate surface area is 131 Å². The molecule has 0 aromatic heterocycles. The highest BCUT2D eigenvalue weighted by Gasteiger charge is 2.21. The molecular weight excluding hydrogens is 347 g/mol. The van der Waals surface area contributed by atoms with E-state index in [2.05, 4.69) is 26.6 Å². The number of benzene rings is 1. The average Bonchev–Trinajstić information content (AvgIpc) is 2.86. The minimum absolute atomic E-state index is 0.0656. The van der Waals surface area contributed by atoms with Gasteiger partial charge in [-0.1, -0.05) is 24.4 Å². The van der Waals surface area contributed by atoms with Crippen molar-refractivity contribution in [2.75, 3.05) is 5.32 Å². The maximum Gasteiger partial charge on any atom is 0.242 e. The number of rotatable bonds is 4. The largest absolute Gasteiger partial charge is 0.372 e. The lowest BCUT2D eigenvalue weighted by molar-refractivity contribution is -0.122. The maximum absolute atomic E-state index is 13.2. The van der Waals surface area contributed by atoms with Gasteiger partial charge in [0.25, 0.3) is 0 Å². The summed E-state index contributed by atoms with van der Waals surface area (Å²) in [5.74, 6) is -0.486. The maximum atomic E-state index is 13.2. The number of amides is 1. The number of nitrogens with one attached hydrogen (secondary N) is 2. The molecule has 0 spiro atoms. The molecule has 1 aromatic carbocycles. The van der Waals surface area contributed by atoms with Crippen LogP contribution in [0.1, 0.15) is 32.6 Å². The summed E-state index contributed by atoms with van der Waals surface area (Å²) in [4.78, 5) is 12.1. The van der Waals surface area contributed by atoms with Crippen LogP contribution in [0.15, 0.2) is 16.6 Å². The van der Waals surface area contributed by atoms with Crippen LogP contribution in [0.4, 0.5) is 10.1 Å². The van der Waals surface area contributed by atoms with Crippen molar-refractivity contribution in [2.24, 2.45) is 0 Å². The lowest BCUT2D eigenvalue weighted by Crippen LogP contribution is -2.42. The number of carbonyl (C=O) groups is 1. The summed E-state index contributed by atoms with van der Waals surface area (Å²) in [6.07, 6.45) is 4.42. The molecule has 1 aliphatic carbocycles. The van der Waals surface area contributed by atoms with E-state index in [4.69, 9.17) is 11.6 Å². The van der Waals surface area contributed by atoms with Gasteiger partial charge < -0.3 is 10.6 Å². The van der Waals surface area contributed by atoms with Gasteiger partial charge in [-0.3, -0.25) is 4.79 Å². The van der Waals surface area contributed by atoms with Gasteiger partial charge in [-0.05, 0) is 47.8 Å². The first-order chi connectivity index (χ1) is 9.47. The van der Waals surface area contributed by atoms with E-state index in [1.807, 2.05) is 0 Å². The van der Waals surface area contributed by atoms with E-state index in [1.54, 1.807) is 6.92 Å². The second-order valence-electron chi connectivity index (χ2n) is 5.10. The summed E-state index contributed by atoms with van der Waals surface area (Å²) in [6.45, 7) is 1.76. The number of hydrogen-bond donors (Lipinski definition) is 2. The van der Waals surface area contributed by atoms with Crippen molar-refractivity contribution in [3.63, 3.8) is 0 Å². The average molecular weight is 364 g/mol. The molecule has 1 fully saturated rings. The number of anilines is 1. The van der Waals surface area contributed by atoms with Crippen LogP contribution in [0.25, 0.3) is 0 Å². The van der Waals surface area contributed by atoms with Crippen LogP contribution in [0.5, 0.6) is 0 Å². The highest BCUT2D eigenvalue weighted by Crippen LogP contribution is 2.32. The van der Waals surface area contributed by atoms with Crippen molar-refractivity contribution in [1.29, 1.82) is 0 Å². The van der Waals surface area contributed by atoms with Crippen LogP contribution in [0.2, 0.25) is 5.02 Å². The van der Waals surface area contributed by atoms with Crippen molar-refractivity contribution in [1.82, 2.24) is 5.32 Å². The van der Waals surface area contributed by atoms with Crippen LogP contribution < -0.4 is 10.6 Å². The quantitative estimate of drug-likeness (QED) is 0.845. The van der Waals surface area contributed by atoms with Gasteiger partial charge >= 0.3 is 0 Å². The molecule has 2 rings (SSSR count). The molecule has 3 nitrogen and oxygen atoms in total. The molecule has 0 bridgehead atoms. The second kappa shape index (κ2) is 6.76. The van der Waals surface area contributed by atoms with Crippen LogP contribution in [0, 0.1) is 5.82 Å². The Hall–Kier alpha value is -0.810. The molecule has 1 unspecified atom stereocenters. The van der Waals surface area contributed by atoms with Crippen LogP contribution in [0.3, 0.4) is 0 Å². The van der Waals surface area contributed by atoms with Gasteiger partial charge in [0.05, 0.1) is 10.7 Å². The molecule has 0 heterocycles. The van der Waals surface area contributed by atoms with E-state index in [-0.39, 0.29) is 17.0 Å². The molecule has 0 saturated heterocycles. The third-order valence-corrected chi connectivity index (χ3v) is 4.39. The minimum atomic E-state index is -0.435. The Morgan fingerprint density at radius 3 is 2.70 bits per heavy atom. The van der Waals surface area contributed by atoms with E-state index in [1.165, 1.54) is 25.0 Å². The number of carbonyl (C=O) groups excluding carboxylic acids is 1. The number of halogens is 3. The van der Waals surface area contributed by atoms with Crippen molar-refractivity contribution in [3.8, 4) is 0 Å². The van der Waals surface area contributed by atoms with Gasteiger partial charge in [-0.15, -0.1) is 0 Å². The van der Waals surface area contributed by atoms with Gasteiger partial charge in [0.15, 0.2) is 0 Å². The first-order valence-electron chi connectivity index (χ1n) is 6.69. The fourth-order valence-corrected chi connectivity index (χ4v) is 3.28. The highest BCUT2D eigenvalue weighted by molar-refractivity contribution is 9.10. The molecule has 6 heteroatoms. The third kappa shape index (κ3) is 3.85. The predicted molar refractivity (Wildman–Crippen MR) is 82.6 cm³/mol. The van der Waals surface area contributed by atoms with E-state index >= 15 is 0 Å². The summed E-state index contributed by atoms with van der Waals surface area (Å²) < 4.78 is 13.7. The minimum Gasteiger partial charge on any atom is -0.372 e. The van der Waals surface area contributed by atoms with Gasteiger partial charge in [-0.2, -0.15) is 0 Å². The Morgan fingerprint density at radius 1 is 1.45 bits per heavy atom. The Bertz CT molecular complexity index is 483. The van der Waals surface area contributed by atoms with Crippen LogP contribution in [-0.4, -0.2) is 18.0 Å². The lowest BCUT2D eigenvalue weighted by Gasteiger charge is -2.20. The van der Waals surface area contributed by atoms with Crippen molar-refractivity contribution in [3.05, 3.63) is 27.4 Å². The molecule has 1 aromatic rings. The third-order valence-electron chi connectivity index (χ3n) is 3.46. The molecule has 2 N–H and O–H groups in total. The smallest absolute Gasteiger partial charge is 0.242 e. The van der Waals surface area contributed by atoms with Crippen molar-refractivity contribution >= 4 is 39.1 Å². The van der Waals surface area contributed by atoms with Crippen LogP contribution in [-0.2, 0) is 4.79 Å². The molecule has 0 radical (unpaired) electrons. The van der Waals surface area contributed by atoms with Gasteiger partial charge in [-0.25, -0.2) is 4.39 Å². The Morgan fingerprint density at radius 2 is 2.10 bits per heavy atom. The Kier molecular flexibility index (Phi) is 5.27. The SMILES string of the molecule is CC(Nc1c(Cl)cc(F)cc1Br)C(=O)NC1CCCC1. The number of hydrogen-bond acceptors (Lipinski definition) is 2. The lowest BCUT2D eigenvalue weighted by atomic mass is 10.2. The van der Waals surface area contributed by atoms with Crippen LogP contribution >= 0.6 is 27.5 Å². The molecule has 1 amide bonds. The van der Waals surface area contributed by atoms with Gasteiger partial charge in [0.1, 0.15) is 11.9 Å². The normalized spacial score (nSPS) is 17.0. The summed E-state index contributed by atoms with van der Waals surface area (Å²) in [6, 6.07) is 2.38. The van der Waals surface area contributed by atoms with Gasteiger partial charge in [0, 0.05) is 10.5 Å². The zero-order chi connectivity index (χ0) is 14.7.